The predicted octanol–water partition coefficient (Wildman–Crippen LogP) is 6.40. The third kappa shape index (κ3) is 4.95. The van der Waals surface area contributed by atoms with E-state index in [1.807, 2.05) is 43.3 Å². The minimum absolute atomic E-state index is 0.160. The van der Waals surface area contributed by atoms with Gasteiger partial charge in [0.1, 0.15) is 10.3 Å². The molecular weight excluding hydrogens is 534 g/mol. The SMILES string of the molecule is Cc1cc2nc(N(Cc3ccccc3)C(=O)C3CCCCN3S(=O)(=O)c3ccc(Cl)s3)sc2cc1C. The number of benzene rings is 2. The molecule has 188 valence electrons. The number of aryl methyl sites for hydroxylation is 2. The number of thiazole rings is 1. The number of amides is 1. The molecule has 2 aromatic heterocycles. The largest absolute Gasteiger partial charge is 0.282 e. The van der Waals surface area contributed by atoms with E-state index in [4.69, 9.17) is 16.6 Å². The Morgan fingerprint density at radius 1 is 1.08 bits per heavy atom. The van der Waals surface area contributed by atoms with E-state index >= 15 is 0 Å². The summed E-state index contributed by atoms with van der Waals surface area (Å²) in [6.45, 7) is 4.71. The monoisotopic (exact) mass is 559 g/mol. The van der Waals surface area contributed by atoms with Crippen LogP contribution >= 0.6 is 34.3 Å². The maximum Gasteiger partial charge on any atom is 0.253 e. The Kier molecular flexibility index (Phi) is 7.20. The lowest BCUT2D eigenvalue weighted by atomic mass is 10.0. The molecule has 0 N–H and O–H groups in total. The van der Waals surface area contributed by atoms with Crippen LogP contribution in [-0.2, 0) is 21.4 Å². The molecule has 0 radical (unpaired) electrons. The Morgan fingerprint density at radius 2 is 1.83 bits per heavy atom. The molecule has 1 saturated heterocycles. The molecule has 0 saturated carbocycles. The Balaban J connectivity index is 1.55. The van der Waals surface area contributed by atoms with Crippen LogP contribution in [0, 0.1) is 13.8 Å². The second kappa shape index (κ2) is 10.2. The molecule has 1 aliphatic heterocycles. The minimum atomic E-state index is -3.86. The summed E-state index contributed by atoms with van der Waals surface area (Å²) in [5.74, 6) is -0.253. The van der Waals surface area contributed by atoms with Crippen LogP contribution in [-0.4, -0.2) is 36.2 Å². The van der Waals surface area contributed by atoms with Crippen molar-refractivity contribution in [3.05, 3.63) is 75.6 Å². The molecule has 1 amide bonds. The first-order valence-corrected chi connectivity index (χ1v) is 15.2. The first-order valence-electron chi connectivity index (χ1n) is 11.7. The van der Waals surface area contributed by atoms with Crippen LogP contribution in [0.3, 0.4) is 0 Å². The highest BCUT2D eigenvalue weighted by molar-refractivity contribution is 7.91. The van der Waals surface area contributed by atoms with Crippen molar-refractivity contribution in [3.63, 3.8) is 0 Å². The average Bonchev–Trinajstić information content (AvgIpc) is 3.49. The lowest BCUT2D eigenvalue weighted by Crippen LogP contribution is -2.52. The number of aromatic nitrogens is 1. The minimum Gasteiger partial charge on any atom is -0.282 e. The lowest BCUT2D eigenvalue weighted by Gasteiger charge is -2.35. The van der Waals surface area contributed by atoms with Gasteiger partial charge in [-0.2, -0.15) is 4.31 Å². The summed E-state index contributed by atoms with van der Waals surface area (Å²) in [7, 11) is -3.86. The third-order valence-electron chi connectivity index (χ3n) is 6.52. The zero-order chi connectivity index (χ0) is 25.4. The second-order valence-electron chi connectivity index (χ2n) is 9.00. The highest BCUT2D eigenvalue weighted by Crippen LogP contribution is 2.35. The molecule has 36 heavy (non-hydrogen) atoms. The standard InChI is InChI=1S/C26H26ClN3O3S3/c1-17-14-20-22(15-18(17)2)34-26(28-20)29(16-19-8-4-3-5-9-19)25(31)21-10-6-7-13-30(21)36(32,33)24-12-11-23(27)35-24/h3-5,8-9,11-12,14-15,21H,6-7,10,13,16H2,1-2H3. The number of fused-ring (bicyclic) bond motifs is 1. The van der Waals surface area contributed by atoms with E-state index < -0.39 is 16.1 Å². The van der Waals surface area contributed by atoms with Gasteiger partial charge in [-0.3, -0.25) is 9.69 Å². The summed E-state index contributed by atoms with van der Waals surface area (Å²) in [6.07, 6.45) is 1.96. The second-order valence-corrected chi connectivity index (χ2v) is 13.8. The van der Waals surface area contributed by atoms with Crippen molar-refractivity contribution >= 4 is 65.6 Å². The van der Waals surface area contributed by atoms with Gasteiger partial charge in [-0.25, -0.2) is 13.4 Å². The summed E-state index contributed by atoms with van der Waals surface area (Å²) < 4.78 is 30.0. The zero-order valence-electron chi connectivity index (χ0n) is 20.0. The molecule has 1 atom stereocenters. The summed E-state index contributed by atoms with van der Waals surface area (Å²) in [5.41, 5.74) is 4.09. The summed E-state index contributed by atoms with van der Waals surface area (Å²) in [6, 6.07) is 16.1. The van der Waals surface area contributed by atoms with Crippen LogP contribution < -0.4 is 4.90 Å². The lowest BCUT2D eigenvalue weighted by molar-refractivity contribution is -0.123. The van der Waals surface area contributed by atoms with Crippen LogP contribution in [0.15, 0.2) is 58.8 Å². The molecule has 1 unspecified atom stereocenters. The number of hydrogen-bond donors (Lipinski definition) is 0. The van der Waals surface area contributed by atoms with Gasteiger partial charge in [0.25, 0.3) is 10.0 Å². The highest BCUT2D eigenvalue weighted by atomic mass is 35.5. The maximum absolute atomic E-state index is 14.2. The number of rotatable bonds is 6. The first kappa shape index (κ1) is 25.4. The number of halogens is 1. The van der Waals surface area contributed by atoms with Crippen LogP contribution in [0.2, 0.25) is 4.34 Å². The van der Waals surface area contributed by atoms with Gasteiger partial charge >= 0.3 is 0 Å². The number of thiophene rings is 1. The van der Waals surface area contributed by atoms with Gasteiger partial charge in [0.05, 0.1) is 21.1 Å². The van der Waals surface area contributed by atoms with Crippen LogP contribution in [0.1, 0.15) is 36.0 Å². The molecular formula is C26H26ClN3O3S3. The molecule has 0 aliphatic carbocycles. The van der Waals surface area contributed by atoms with Gasteiger partial charge in [0.2, 0.25) is 5.91 Å². The molecule has 0 bridgehead atoms. The van der Waals surface area contributed by atoms with Gasteiger partial charge in [-0.05, 0) is 67.6 Å². The van der Waals surface area contributed by atoms with Crippen LogP contribution in [0.4, 0.5) is 5.13 Å². The van der Waals surface area contributed by atoms with E-state index in [9.17, 15) is 13.2 Å². The van der Waals surface area contributed by atoms with E-state index in [1.54, 1.807) is 11.0 Å². The van der Waals surface area contributed by atoms with Gasteiger partial charge in [0.15, 0.2) is 5.13 Å². The molecule has 4 aromatic rings. The number of sulfonamides is 1. The molecule has 0 spiro atoms. The Labute approximate surface area is 224 Å². The third-order valence-corrected chi connectivity index (χ3v) is 11.2. The van der Waals surface area contributed by atoms with E-state index in [-0.39, 0.29) is 10.1 Å². The normalized spacial score (nSPS) is 16.9. The number of piperidine rings is 1. The molecule has 1 aliphatic rings. The van der Waals surface area contributed by atoms with E-state index in [0.29, 0.717) is 35.4 Å². The molecule has 6 nitrogen and oxygen atoms in total. The molecule has 5 rings (SSSR count). The van der Waals surface area contributed by atoms with Crippen LogP contribution in [0.25, 0.3) is 10.2 Å². The van der Waals surface area contributed by atoms with Crippen molar-refractivity contribution < 1.29 is 13.2 Å². The van der Waals surface area contributed by atoms with Crippen molar-refractivity contribution in [3.8, 4) is 0 Å². The van der Waals surface area contributed by atoms with Gasteiger partial charge in [-0.1, -0.05) is 59.7 Å². The fourth-order valence-corrected chi connectivity index (χ4v) is 8.77. The van der Waals surface area contributed by atoms with Gasteiger partial charge < -0.3 is 0 Å². The maximum atomic E-state index is 14.2. The van der Waals surface area contributed by atoms with Crippen molar-refractivity contribution in [1.82, 2.24) is 9.29 Å². The van der Waals surface area contributed by atoms with Crippen LogP contribution in [0.5, 0.6) is 0 Å². The topological polar surface area (TPSA) is 70.6 Å². The van der Waals surface area contributed by atoms with E-state index in [0.717, 1.165) is 44.7 Å². The fourth-order valence-electron chi connectivity index (χ4n) is 4.46. The van der Waals surface area contributed by atoms with Crippen molar-refractivity contribution in [2.75, 3.05) is 11.4 Å². The fraction of sp³-hybridized carbons (Fsp3) is 0.308. The summed E-state index contributed by atoms with van der Waals surface area (Å²) >= 11 is 8.51. The molecule has 3 heterocycles. The van der Waals surface area contributed by atoms with Crippen molar-refractivity contribution in [1.29, 1.82) is 0 Å². The van der Waals surface area contributed by atoms with Crippen molar-refractivity contribution in [2.24, 2.45) is 0 Å². The summed E-state index contributed by atoms with van der Waals surface area (Å²) in [5, 5.41) is 0.575. The summed E-state index contributed by atoms with van der Waals surface area (Å²) in [4.78, 5) is 20.6. The average molecular weight is 560 g/mol. The first-order chi connectivity index (χ1) is 17.2. The number of nitrogens with zero attached hydrogens (tertiary/aromatic N) is 3. The smallest absolute Gasteiger partial charge is 0.253 e. The number of carbonyl (C=O) groups is 1. The van der Waals surface area contributed by atoms with E-state index in [2.05, 4.69) is 13.0 Å². The predicted molar refractivity (Wildman–Crippen MR) is 148 cm³/mol. The molecule has 1 fully saturated rings. The zero-order valence-corrected chi connectivity index (χ0v) is 23.2. The van der Waals surface area contributed by atoms with E-state index in [1.165, 1.54) is 21.7 Å². The quantitative estimate of drug-likeness (QED) is 0.274. The number of anilines is 1. The van der Waals surface area contributed by atoms with Crippen molar-refractivity contribution in [2.45, 2.75) is 49.9 Å². The Bertz CT molecular complexity index is 1480. The molecule has 10 heteroatoms. The number of carbonyl (C=O) groups excluding carboxylic acids is 1. The molecule has 2 aromatic carbocycles. The Morgan fingerprint density at radius 3 is 2.56 bits per heavy atom. The van der Waals surface area contributed by atoms with Gasteiger partial charge in [-0.15, -0.1) is 11.3 Å². The van der Waals surface area contributed by atoms with Gasteiger partial charge in [0, 0.05) is 6.54 Å². The Hall–Kier alpha value is -2.30. The number of hydrogen-bond acceptors (Lipinski definition) is 6. The highest BCUT2D eigenvalue weighted by Gasteiger charge is 2.41.